The number of nitrogens with zero attached hydrogens (tertiary/aromatic N) is 3. The Bertz CT molecular complexity index is 2640. The SMILES string of the molecule is COCC[N+]1=C(C=CC=CC=C2N(CCCCCC(=O)NCCN3C(=O)C=CC3=O)c3ccc(S(=O)(=O)O)cc3C2(C)CCOC)C(C)(CCCS(=O)(=O)O)c2cc(S(=O)(=O)O)ccc21. The van der Waals surface area contributed by atoms with Crippen molar-refractivity contribution in [3.8, 4) is 0 Å². The Kier molecular flexibility index (Phi) is 16.7. The Morgan fingerprint density at radius 3 is 2.03 bits per heavy atom. The summed E-state index contributed by atoms with van der Waals surface area (Å²) in [5, 5.41) is 2.75. The van der Waals surface area contributed by atoms with Gasteiger partial charge < -0.3 is 19.7 Å². The normalized spacial score (nSPS) is 20.6. The molecule has 3 aliphatic heterocycles. The number of methoxy groups -OCH3 is 2. The van der Waals surface area contributed by atoms with Gasteiger partial charge in [-0.25, -0.2) is 0 Å². The van der Waals surface area contributed by atoms with Crippen molar-refractivity contribution >= 4 is 65.2 Å². The van der Waals surface area contributed by atoms with Crippen LogP contribution in [0.2, 0.25) is 0 Å². The predicted molar refractivity (Wildman–Crippen MR) is 242 cm³/mol. The summed E-state index contributed by atoms with van der Waals surface area (Å²) in [6.07, 6.45) is 14.2. The average Bonchev–Trinajstić information content (AvgIpc) is 3.76. The van der Waals surface area contributed by atoms with Gasteiger partial charge in [0.2, 0.25) is 11.6 Å². The Hall–Kier alpha value is -4.87. The van der Waals surface area contributed by atoms with Crippen LogP contribution in [0.4, 0.5) is 11.4 Å². The molecule has 0 radical (unpaired) electrons. The van der Waals surface area contributed by atoms with Crippen LogP contribution in [0.25, 0.3) is 0 Å². The monoisotopic (exact) mass is 961 g/mol. The number of hydrogen-bond acceptors (Lipinski definition) is 12. The van der Waals surface area contributed by atoms with Crippen molar-refractivity contribution in [1.29, 1.82) is 0 Å². The van der Waals surface area contributed by atoms with Gasteiger partial charge in [0, 0.05) is 93.5 Å². The van der Waals surface area contributed by atoms with Crippen molar-refractivity contribution in [3.05, 3.63) is 95.8 Å². The highest BCUT2D eigenvalue weighted by molar-refractivity contribution is 7.86. The summed E-state index contributed by atoms with van der Waals surface area (Å²) in [6, 6.07) is 8.72. The molecule has 4 N–H and O–H groups in total. The number of carbonyl (C=O) groups excluding carboxylic acids is 3. The summed E-state index contributed by atoms with van der Waals surface area (Å²) in [4.78, 5) is 38.7. The van der Waals surface area contributed by atoms with Crippen molar-refractivity contribution in [3.63, 3.8) is 0 Å². The highest BCUT2D eigenvalue weighted by atomic mass is 32.2. The molecule has 18 nitrogen and oxygen atoms in total. The van der Waals surface area contributed by atoms with E-state index in [1.54, 1.807) is 31.4 Å². The Labute approximate surface area is 380 Å². The Morgan fingerprint density at radius 2 is 1.40 bits per heavy atom. The molecule has 3 aliphatic rings. The fourth-order valence-corrected chi connectivity index (χ4v) is 10.1. The lowest BCUT2D eigenvalue weighted by molar-refractivity contribution is -0.441. The van der Waals surface area contributed by atoms with Crippen LogP contribution in [0.1, 0.15) is 69.9 Å². The molecule has 0 bridgehead atoms. The van der Waals surface area contributed by atoms with Crippen molar-refractivity contribution < 1.29 is 67.3 Å². The van der Waals surface area contributed by atoms with Crippen LogP contribution >= 0.6 is 0 Å². The van der Waals surface area contributed by atoms with Crippen LogP contribution in [-0.4, -0.2) is 131 Å². The van der Waals surface area contributed by atoms with Crippen molar-refractivity contribution in [2.45, 2.75) is 79.4 Å². The zero-order valence-electron chi connectivity index (χ0n) is 36.8. The van der Waals surface area contributed by atoms with E-state index in [0.717, 1.165) is 16.3 Å². The highest BCUT2D eigenvalue weighted by Gasteiger charge is 2.48. The number of hydrogen-bond donors (Lipinski definition) is 4. The van der Waals surface area contributed by atoms with E-state index in [2.05, 4.69) is 10.2 Å². The summed E-state index contributed by atoms with van der Waals surface area (Å²) in [5.41, 5.74) is 2.32. The van der Waals surface area contributed by atoms with Crippen LogP contribution < -0.4 is 10.2 Å². The van der Waals surface area contributed by atoms with Crippen LogP contribution in [-0.2, 0) is 65.0 Å². The molecule has 2 atom stereocenters. The Balaban J connectivity index is 1.43. The predicted octanol–water partition coefficient (Wildman–Crippen LogP) is 4.26. The quantitative estimate of drug-likeness (QED) is 0.0377. The second-order valence-electron chi connectivity index (χ2n) is 16.4. The largest absolute Gasteiger partial charge is 0.385 e. The van der Waals surface area contributed by atoms with Gasteiger partial charge in [-0.05, 0) is 87.9 Å². The molecular weight excluding hydrogens is 905 g/mol. The molecule has 0 spiro atoms. The zero-order chi connectivity index (χ0) is 47.8. The maximum atomic E-state index is 12.6. The third kappa shape index (κ3) is 12.3. The summed E-state index contributed by atoms with van der Waals surface area (Å²) in [5.74, 6) is -1.57. The summed E-state index contributed by atoms with van der Waals surface area (Å²) >= 11 is 0. The molecule has 3 amide bonds. The van der Waals surface area contributed by atoms with Crippen LogP contribution in [0.5, 0.6) is 0 Å². The van der Waals surface area contributed by atoms with Crippen LogP contribution in [0.15, 0.2) is 94.4 Å². The number of imide groups is 1. The van der Waals surface area contributed by atoms with Gasteiger partial charge in [0.15, 0.2) is 12.3 Å². The first-order valence-electron chi connectivity index (χ1n) is 21.0. The number of ether oxygens (including phenoxy) is 2. The molecule has 0 saturated heterocycles. The third-order valence-corrected chi connectivity index (χ3v) is 14.5. The van der Waals surface area contributed by atoms with Gasteiger partial charge in [-0.15, -0.1) is 0 Å². The molecule has 0 saturated carbocycles. The second-order valence-corrected chi connectivity index (χ2v) is 20.8. The van der Waals surface area contributed by atoms with E-state index in [1.165, 1.54) is 43.5 Å². The lowest BCUT2D eigenvalue weighted by atomic mass is 9.76. The van der Waals surface area contributed by atoms with E-state index in [4.69, 9.17) is 9.47 Å². The lowest BCUT2D eigenvalue weighted by Crippen LogP contribution is -2.38. The van der Waals surface area contributed by atoms with Gasteiger partial charge >= 0.3 is 0 Å². The topological polar surface area (TPSA) is 254 Å². The first-order chi connectivity index (χ1) is 30.5. The van der Waals surface area contributed by atoms with Crippen molar-refractivity contribution in [2.24, 2.45) is 0 Å². The molecule has 5 rings (SSSR count). The molecule has 2 aromatic rings. The fraction of sp³-hybridized carbons (Fsp3) is 0.455. The second kappa shape index (κ2) is 21.2. The number of rotatable bonds is 24. The number of nitrogens with one attached hydrogen (secondary N) is 1. The molecule has 0 aliphatic carbocycles. The van der Waals surface area contributed by atoms with E-state index in [-0.39, 0.29) is 54.7 Å². The average molecular weight is 962 g/mol. The minimum Gasteiger partial charge on any atom is -0.385 e. The minimum absolute atomic E-state index is 0.0362. The van der Waals surface area contributed by atoms with Gasteiger partial charge in [-0.3, -0.25) is 32.9 Å². The number of fused-ring (bicyclic) bond motifs is 2. The standard InChI is InChI=1S/C44H56N4O14S3/c1-43(21-11-29-63(52,53)54)34-30-32(64(55,56)57)16-18-37(34)47(26-28-62-4)38(43)12-7-5-8-13-39-44(2,22-27-61-3)35-31-33(65(58,59)60)15-17-36(35)46(39)24-10-6-9-14-40(49)45-23-25-48-41(50)19-20-42(48)51/h5,7-8,12-13,15-20,30-31H,6,9-11,14,21-29H2,1-4H3,(H3-,45,49,52,53,54,55,56,57,58,59,60)/p+1. The first-order valence-corrected chi connectivity index (χ1v) is 25.5. The molecule has 2 aromatic carbocycles. The first kappa shape index (κ1) is 51.1. The van der Waals surface area contributed by atoms with E-state index >= 15 is 0 Å². The number of unbranched alkanes of at least 4 members (excludes halogenated alkanes) is 2. The van der Waals surface area contributed by atoms with E-state index in [9.17, 15) is 53.3 Å². The summed E-state index contributed by atoms with van der Waals surface area (Å²) in [7, 11) is -10.3. The molecule has 0 fully saturated rings. The van der Waals surface area contributed by atoms with E-state index < -0.39 is 58.8 Å². The van der Waals surface area contributed by atoms with Gasteiger partial charge in [0.05, 0.1) is 21.0 Å². The molecule has 3 heterocycles. The molecule has 65 heavy (non-hydrogen) atoms. The third-order valence-electron chi connectivity index (χ3n) is 12.0. The van der Waals surface area contributed by atoms with Gasteiger partial charge in [0.25, 0.3) is 42.2 Å². The van der Waals surface area contributed by atoms with Crippen molar-refractivity contribution in [2.75, 3.05) is 64.3 Å². The van der Waals surface area contributed by atoms with Gasteiger partial charge in [-0.1, -0.05) is 24.6 Å². The van der Waals surface area contributed by atoms with Crippen LogP contribution in [0, 0.1) is 0 Å². The van der Waals surface area contributed by atoms with E-state index in [0.29, 0.717) is 67.9 Å². The lowest BCUT2D eigenvalue weighted by Gasteiger charge is -2.30. The molecule has 354 valence electrons. The summed E-state index contributed by atoms with van der Waals surface area (Å²) < 4.78 is 115. The molecule has 0 aromatic heterocycles. The minimum atomic E-state index is -4.59. The number of amides is 3. The molecule has 21 heteroatoms. The Morgan fingerprint density at radius 1 is 0.754 bits per heavy atom. The van der Waals surface area contributed by atoms with Gasteiger partial charge in [0.1, 0.15) is 6.61 Å². The van der Waals surface area contributed by atoms with E-state index in [1.807, 2.05) is 36.7 Å². The highest BCUT2D eigenvalue weighted by Crippen LogP contribution is 2.51. The number of benzene rings is 2. The fourth-order valence-electron chi connectivity index (χ4n) is 8.63. The number of allylic oxidation sites excluding steroid dienone is 6. The smallest absolute Gasteiger partial charge is 0.294 e. The molecule has 2 unspecified atom stereocenters. The summed E-state index contributed by atoms with van der Waals surface area (Å²) in [6.45, 7) is 5.45. The van der Waals surface area contributed by atoms with Gasteiger partial charge in [-0.2, -0.15) is 29.8 Å². The number of anilines is 1. The van der Waals surface area contributed by atoms with Crippen LogP contribution in [0.3, 0.4) is 0 Å². The zero-order valence-corrected chi connectivity index (χ0v) is 39.3. The molecular formula is C44H57N4O14S3+. The number of carbonyl (C=O) groups is 3. The van der Waals surface area contributed by atoms with Crippen molar-refractivity contribution in [1.82, 2.24) is 10.2 Å². The maximum absolute atomic E-state index is 12.6. The maximum Gasteiger partial charge on any atom is 0.294 e.